The smallest absolute Gasteiger partial charge is 0.0993 e. The van der Waals surface area contributed by atoms with E-state index in [1.165, 1.54) is 0 Å². The molecule has 5 aromatic carbocycles. The van der Waals surface area contributed by atoms with Crippen LogP contribution in [0.5, 0.6) is 0 Å². The van der Waals surface area contributed by atoms with Crippen molar-refractivity contribution >= 4 is 43.6 Å². The lowest BCUT2D eigenvalue weighted by molar-refractivity contribution is 1.13. The highest BCUT2D eigenvalue weighted by Gasteiger charge is 2.18. The van der Waals surface area contributed by atoms with E-state index >= 15 is 0 Å². The predicted octanol–water partition coefficient (Wildman–Crippen LogP) is 7.24. The van der Waals surface area contributed by atoms with Crippen molar-refractivity contribution in [1.82, 2.24) is 9.13 Å². The lowest BCUT2D eigenvalue weighted by Gasteiger charge is -2.14. The zero-order valence-corrected chi connectivity index (χ0v) is 21.8. The van der Waals surface area contributed by atoms with Crippen molar-refractivity contribution < 1.29 is 0 Å². The predicted molar refractivity (Wildman–Crippen MR) is 159 cm³/mol. The summed E-state index contributed by atoms with van der Waals surface area (Å²) in [6.07, 6.45) is 0. The van der Waals surface area contributed by atoms with Crippen LogP contribution in [0.4, 0.5) is 0 Å². The van der Waals surface area contributed by atoms with E-state index in [4.69, 9.17) is 0 Å². The van der Waals surface area contributed by atoms with Gasteiger partial charge in [-0.1, -0.05) is 0 Å². The molecule has 7 aromatic rings. The van der Waals surface area contributed by atoms with Crippen molar-refractivity contribution in [2.75, 3.05) is 0 Å². The second-order valence-corrected chi connectivity index (χ2v) is 9.90. The standard InChI is InChI=1S/C35H15N7/c36-16-21-1-5-32-28(11-21)29-12-22(17-37)2-6-33(29)41(32)26-9-25(20-40)10-27(15-26)42-34-7-3-23(18-38)13-30(34)31-14-24(19-39)4-8-35(31)42/h1-15H. The second kappa shape index (κ2) is 9.12. The maximum atomic E-state index is 10.1. The van der Waals surface area contributed by atoms with Crippen LogP contribution in [-0.4, -0.2) is 9.13 Å². The van der Waals surface area contributed by atoms with Crippen molar-refractivity contribution in [3.8, 4) is 41.7 Å². The monoisotopic (exact) mass is 533 g/mol. The molecule has 0 saturated heterocycles. The van der Waals surface area contributed by atoms with E-state index in [-0.39, 0.29) is 0 Å². The van der Waals surface area contributed by atoms with Gasteiger partial charge in [0.25, 0.3) is 0 Å². The SMILES string of the molecule is N#Cc1cc(-n2c3ccc(C#N)cc3c3cc(C#N)ccc32)cc(-n2c3ccc(C#N)cc3c3cc(C#N)ccc32)c1. The molecule has 2 heterocycles. The molecule has 0 saturated carbocycles. The molecular formula is C35H15N7. The number of aromatic nitrogens is 2. The minimum absolute atomic E-state index is 0.442. The Morgan fingerprint density at radius 3 is 0.881 bits per heavy atom. The largest absolute Gasteiger partial charge is 0.309 e. The van der Waals surface area contributed by atoms with E-state index in [0.29, 0.717) is 27.8 Å². The van der Waals surface area contributed by atoms with Gasteiger partial charge in [0.2, 0.25) is 0 Å². The summed E-state index contributed by atoms with van der Waals surface area (Å²) in [6.45, 7) is 0. The molecule has 0 bridgehead atoms. The highest BCUT2D eigenvalue weighted by atomic mass is 15.0. The van der Waals surface area contributed by atoms with Gasteiger partial charge < -0.3 is 9.13 Å². The third kappa shape index (κ3) is 3.49. The van der Waals surface area contributed by atoms with E-state index in [1.807, 2.05) is 75.9 Å². The Balaban J connectivity index is 1.58. The molecular weight excluding hydrogens is 518 g/mol. The van der Waals surface area contributed by atoms with Gasteiger partial charge in [0.1, 0.15) is 0 Å². The third-order valence-corrected chi connectivity index (χ3v) is 7.59. The molecule has 7 nitrogen and oxygen atoms in total. The summed E-state index contributed by atoms with van der Waals surface area (Å²) in [4.78, 5) is 0. The van der Waals surface area contributed by atoms with Crippen LogP contribution in [0, 0.1) is 56.7 Å². The normalized spacial score (nSPS) is 10.7. The number of benzene rings is 5. The topological polar surface area (TPSA) is 129 Å². The van der Waals surface area contributed by atoms with Gasteiger partial charge in [-0.3, -0.25) is 0 Å². The molecule has 7 heteroatoms. The average molecular weight is 534 g/mol. The fraction of sp³-hybridized carbons (Fsp3) is 0. The van der Waals surface area contributed by atoms with Gasteiger partial charge in [-0.05, 0) is 91.0 Å². The first-order chi connectivity index (χ1) is 20.6. The van der Waals surface area contributed by atoms with Gasteiger partial charge in [0.05, 0.1) is 80.2 Å². The lowest BCUT2D eigenvalue weighted by Crippen LogP contribution is -2.00. The summed E-state index contributed by atoms with van der Waals surface area (Å²) in [5, 5.41) is 51.6. The second-order valence-electron chi connectivity index (χ2n) is 9.90. The number of nitrogens with zero attached hydrogens (tertiary/aromatic N) is 7. The number of hydrogen-bond donors (Lipinski definition) is 0. The first-order valence-electron chi connectivity index (χ1n) is 12.9. The molecule has 7 rings (SSSR count). The summed E-state index contributed by atoms with van der Waals surface area (Å²) >= 11 is 0. The molecule has 0 N–H and O–H groups in total. The van der Waals surface area contributed by atoms with Crippen LogP contribution < -0.4 is 0 Å². The molecule has 0 radical (unpaired) electrons. The fourth-order valence-electron chi connectivity index (χ4n) is 5.80. The van der Waals surface area contributed by atoms with E-state index < -0.39 is 0 Å². The molecule has 0 fully saturated rings. The Hall–Kier alpha value is -6.85. The Bertz CT molecular complexity index is 2220. The molecule has 0 unspecified atom stereocenters. The first-order valence-corrected chi connectivity index (χ1v) is 12.9. The molecule has 2 aromatic heterocycles. The molecule has 0 aliphatic heterocycles. The Morgan fingerprint density at radius 2 is 0.619 bits per heavy atom. The molecule has 0 aliphatic rings. The zero-order chi connectivity index (χ0) is 29.0. The molecule has 0 aliphatic carbocycles. The summed E-state index contributed by atoms with van der Waals surface area (Å²) in [6, 6.07) is 38.5. The fourth-order valence-corrected chi connectivity index (χ4v) is 5.80. The Morgan fingerprint density at radius 1 is 0.333 bits per heavy atom. The Kier molecular flexibility index (Phi) is 5.26. The molecule has 0 spiro atoms. The molecule has 0 amide bonds. The molecule has 42 heavy (non-hydrogen) atoms. The molecule has 0 atom stereocenters. The van der Waals surface area contributed by atoms with Crippen LogP contribution in [0.1, 0.15) is 27.8 Å². The minimum Gasteiger partial charge on any atom is -0.309 e. The number of fused-ring (bicyclic) bond motifs is 6. The number of nitriles is 5. The van der Waals surface area contributed by atoms with Gasteiger partial charge in [-0.2, -0.15) is 26.3 Å². The van der Waals surface area contributed by atoms with E-state index in [1.54, 1.807) is 24.3 Å². The van der Waals surface area contributed by atoms with Crippen molar-refractivity contribution in [2.24, 2.45) is 0 Å². The van der Waals surface area contributed by atoms with Crippen molar-refractivity contribution in [3.05, 3.63) is 119 Å². The van der Waals surface area contributed by atoms with Crippen LogP contribution in [0.3, 0.4) is 0 Å². The quantitative estimate of drug-likeness (QED) is 0.231. The van der Waals surface area contributed by atoms with Crippen LogP contribution in [-0.2, 0) is 0 Å². The summed E-state index contributed by atoms with van der Waals surface area (Å²) in [5.74, 6) is 0. The summed E-state index contributed by atoms with van der Waals surface area (Å²) in [7, 11) is 0. The van der Waals surface area contributed by atoms with Crippen LogP contribution in [0.2, 0.25) is 0 Å². The van der Waals surface area contributed by atoms with Gasteiger partial charge in [-0.15, -0.1) is 0 Å². The third-order valence-electron chi connectivity index (χ3n) is 7.59. The van der Waals surface area contributed by atoms with Crippen LogP contribution in [0.25, 0.3) is 55.0 Å². The van der Waals surface area contributed by atoms with Crippen molar-refractivity contribution in [2.45, 2.75) is 0 Å². The minimum atomic E-state index is 0.442. The number of hydrogen-bond acceptors (Lipinski definition) is 5. The average Bonchev–Trinajstić information content (AvgIpc) is 3.55. The van der Waals surface area contributed by atoms with Gasteiger partial charge in [0.15, 0.2) is 0 Å². The summed E-state index contributed by atoms with van der Waals surface area (Å²) < 4.78 is 4.07. The van der Waals surface area contributed by atoms with Crippen LogP contribution in [0.15, 0.2) is 91.0 Å². The van der Waals surface area contributed by atoms with Gasteiger partial charge in [0, 0.05) is 32.9 Å². The highest BCUT2D eigenvalue weighted by Crippen LogP contribution is 2.37. The Labute approximate surface area is 239 Å². The van der Waals surface area contributed by atoms with Crippen molar-refractivity contribution in [3.63, 3.8) is 0 Å². The maximum Gasteiger partial charge on any atom is 0.0993 e. The van der Waals surface area contributed by atoms with E-state index in [0.717, 1.165) is 55.0 Å². The van der Waals surface area contributed by atoms with Gasteiger partial charge >= 0.3 is 0 Å². The highest BCUT2D eigenvalue weighted by molar-refractivity contribution is 6.11. The van der Waals surface area contributed by atoms with E-state index in [2.05, 4.69) is 30.3 Å². The van der Waals surface area contributed by atoms with Gasteiger partial charge in [-0.25, -0.2) is 0 Å². The summed E-state index contributed by atoms with van der Waals surface area (Å²) in [5.41, 5.74) is 7.27. The first kappa shape index (κ1) is 24.2. The molecule has 190 valence electrons. The van der Waals surface area contributed by atoms with E-state index in [9.17, 15) is 26.3 Å². The zero-order valence-electron chi connectivity index (χ0n) is 21.8. The lowest BCUT2D eigenvalue weighted by atomic mass is 10.1. The van der Waals surface area contributed by atoms with Crippen molar-refractivity contribution in [1.29, 1.82) is 26.3 Å². The van der Waals surface area contributed by atoms with Crippen LogP contribution >= 0.6 is 0 Å². The number of rotatable bonds is 2. The maximum absolute atomic E-state index is 10.1.